The topological polar surface area (TPSA) is 56.8 Å². The van der Waals surface area contributed by atoms with Gasteiger partial charge in [0, 0.05) is 19.7 Å². The lowest BCUT2D eigenvalue weighted by atomic mass is 10.1. The molecule has 0 aliphatic rings. The highest BCUT2D eigenvalue weighted by atomic mass is 35.5. The van der Waals surface area contributed by atoms with Crippen LogP contribution in [0.4, 0.5) is 0 Å². The Bertz CT molecular complexity index is 805. The molecule has 2 rings (SSSR count). The number of hydrogen-bond donors (Lipinski definition) is 1. The Balaban J connectivity index is 2.01. The van der Waals surface area contributed by atoms with E-state index in [4.69, 9.17) is 25.8 Å². The lowest BCUT2D eigenvalue weighted by Gasteiger charge is -2.11. The van der Waals surface area contributed by atoms with Crippen LogP contribution >= 0.6 is 11.6 Å². The van der Waals surface area contributed by atoms with Crippen LogP contribution in [-0.4, -0.2) is 26.7 Å². The van der Waals surface area contributed by atoms with Crippen LogP contribution in [0.1, 0.15) is 23.6 Å². The molecule has 0 fully saturated rings. The Morgan fingerprint density at radius 1 is 1.19 bits per heavy atom. The van der Waals surface area contributed by atoms with Crippen LogP contribution in [0.15, 0.2) is 42.5 Å². The fourth-order valence-electron chi connectivity index (χ4n) is 2.56. The van der Waals surface area contributed by atoms with Crippen molar-refractivity contribution in [2.75, 3.05) is 20.8 Å². The predicted octanol–water partition coefficient (Wildman–Crippen LogP) is 4.22. The first kappa shape index (κ1) is 20.8. The maximum absolute atomic E-state index is 12.1. The number of hydrogen-bond acceptors (Lipinski definition) is 4. The second-order valence-corrected chi connectivity index (χ2v) is 6.18. The van der Waals surface area contributed by atoms with Crippen LogP contribution < -0.4 is 14.8 Å². The van der Waals surface area contributed by atoms with Gasteiger partial charge in [0.2, 0.25) is 5.91 Å². The fraction of sp³-hybridized carbons (Fsp3) is 0.286. The van der Waals surface area contributed by atoms with E-state index in [2.05, 4.69) is 5.32 Å². The number of amides is 1. The molecule has 0 unspecified atom stereocenters. The van der Waals surface area contributed by atoms with Gasteiger partial charge >= 0.3 is 0 Å². The van der Waals surface area contributed by atoms with E-state index < -0.39 is 0 Å². The van der Waals surface area contributed by atoms with Crippen molar-refractivity contribution in [3.05, 3.63) is 64.2 Å². The zero-order valence-electron chi connectivity index (χ0n) is 15.8. The molecule has 27 heavy (non-hydrogen) atoms. The maximum Gasteiger partial charge on any atom is 0.244 e. The van der Waals surface area contributed by atoms with Gasteiger partial charge in [0.05, 0.1) is 25.3 Å². The minimum absolute atomic E-state index is 0.197. The fourth-order valence-corrected chi connectivity index (χ4v) is 2.86. The Morgan fingerprint density at radius 2 is 1.96 bits per heavy atom. The predicted molar refractivity (Wildman–Crippen MR) is 107 cm³/mol. The summed E-state index contributed by atoms with van der Waals surface area (Å²) in [6.45, 7) is 3.35. The largest absolute Gasteiger partial charge is 0.491 e. The van der Waals surface area contributed by atoms with Gasteiger partial charge in [0.1, 0.15) is 0 Å². The Morgan fingerprint density at radius 3 is 2.67 bits per heavy atom. The summed E-state index contributed by atoms with van der Waals surface area (Å²) in [4.78, 5) is 12.1. The highest BCUT2D eigenvalue weighted by molar-refractivity contribution is 6.32. The van der Waals surface area contributed by atoms with E-state index >= 15 is 0 Å². The molecule has 0 aromatic heterocycles. The number of carbonyl (C=O) groups is 1. The van der Waals surface area contributed by atoms with Gasteiger partial charge in [-0.2, -0.15) is 0 Å². The molecule has 0 saturated carbocycles. The summed E-state index contributed by atoms with van der Waals surface area (Å²) < 4.78 is 15.9. The molecule has 0 bridgehead atoms. The molecule has 0 aliphatic heterocycles. The first-order valence-corrected chi connectivity index (χ1v) is 8.98. The third kappa shape index (κ3) is 6.31. The van der Waals surface area contributed by atoms with E-state index in [0.29, 0.717) is 36.3 Å². The van der Waals surface area contributed by atoms with Crippen molar-refractivity contribution >= 4 is 23.6 Å². The van der Waals surface area contributed by atoms with Gasteiger partial charge in [-0.25, -0.2) is 0 Å². The summed E-state index contributed by atoms with van der Waals surface area (Å²) in [7, 11) is 3.19. The van der Waals surface area contributed by atoms with E-state index in [1.165, 1.54) is 13.2 Å². The molecule has 5 nitrogen and oxygen atoms in total. The number of methoxy groups -OCH3 is 2. The van der Waals surface area contributed by atoms with Crippen molar-refractivity contribution < 1.29 is 19.0 Å². The molecule has 2 aromatic carbocycles. The molecule has 0 saturated heterocycles. The van der Waals surface area contributed by atoms with Crippen LogP contribution in [0.2, 0.25) is 5.02 Å². The monoisotopic (exact) mass is 389 g/mol. The summed E-state index contributed by atoms with van der Waals surface area (Å²) in [5.41, 5.74) is 2.83. The van der Waals surface area contributed by atoms with E-state index in [0.717, 1.165) is 16.7 Å². The van der Waals surface area contributed by atoms with Gasteiger partial charge in [-0.1, -0.05) is 35.9 Å². The van der Waals surface area contributed by atoms with Crippen LogP contribution in [0.3, 0.4) is 0 Å². The Labute approximate surface area is 164 Å². The van der Waals surface area contributed by atoms with Crippen LogP contribution in [0, 0.1) is 0 Å². The van der Waals surface area contributed by atoms with Crippen LogP contribution in [0.25, 0.3) is 6.08 Å². The Hall–Kier alpha value is -2.50. The van der Waals surface area contributed by atoms with Gasteiger partial charge in [-0.05, 0) is 41.8 Å². The summed E-state index contributed by atoms with van der Waals surface area (Å²) in [5.74, 6) is 0.829. The summed E-state index contributed by atoms with van der Waals surface area (Å²) in [6, 6.07) is 11.4. The number of rotatable bonds is 9. The first-order chi connectivity index (χ1) is 13.1. The average molecular weight is 390 g/mol. The minimum atomic E-state index is -0.197. The molecule has 144 valence electrons. The smallest absolute Gasteiger partial charge is 0.244 e. The first-order valence-electron chi connectivity index (χ1n) is 8.60. The minimum Gasteiger partial charge on any atom is -0.491 e. The van der Waals surface area contributed by atoms with E-state index in [-0.39, 0.29) is 5.91 Å². The van der Waals surface area contributed by atoms with Crippen molar-refractivity contribution in [3.8, 4) is 11.5 Å². The van der Waals surface area contributed by atoms with Crippen LogP contribution in [0.5, 0.6) is 11.5 Å². The molecule has 6 heteroatoms. The lowest BCUT2D eigenvalue weighted by Crippen LogP contribution is -2.20. The molecule has 1 N–H and O–H groups in total. The molecule has 0 atom stereocenters. The summed E-state index contributed by atoms with van der Waals surface area (Å²) in [5, 5.41) is 3.29. The Kier molecular flexibility index (Phi) is 8.17. The van der Waals surface area contributed by atoms with Gasteiger partial charge in [-0.3, -0.25) is 4.79 Å². The quantitative estimate of drug-likeness (QED) is 0.652. The van der Waals surface area contributed by atoms with E-state index in [1.54, 1.807) is 25.3 Å². The van der Waals surface area contributed by atoms with Crippen molar-refractivity contribution in [1.29, 1.82) is 0 Å². The molecular weight excluding hydrogens is 366 g/mol. The van der Waals surface area contributed by atoms with Gasteiger partial charge in [-0.15, -0.1) is 0 Å². The van der Waals surface area contributed by atoms with Gasteiger partial charge < -0.3 is 19.5 Å². The molecular formula is C21H24ClNO4. The van der Waals surface area contributed by atoms with Crippen LogP contribution in [-0.2, 0) is 22.7 Å². The molecule has 0 aliphatic carbocycles. The summed E-state index contributed by atoms with van der Waals surface area (Å²) >= 11 is 6.22. The van der Waals surface area contributed by atoms with Crippen molar-refractivity contribution in [3.63, 3.8) is 0 Å². The molecule has 0 radical (unpaired) electrons. The van der Waals surface area contributed by atoms with Crippen molar-refractivity contribution in [2.24, 2.45) is 0 Å². The SMILES string of the molecule is CCOc1cc(/C=C/C(=O)NCc2cccc(COC)c2)cc(Cl)c1OC. The number of carbonyl (C=O) groups excluding carboxylic acids is 1. The number of ether oxygens (including phenoxy) is 3. The highest BCUT2D eigenvalue weighted by Crippen LogP contribution is 2.36. The number of benzene rings is 2. The average Bonchev–Trinajstić information content (AvgIpc) is 2.65. The molecule has 1 amide bonds. The second kappa shape index (κ2) is 10.6. The molecule has 0 spiro atoms. The van der Waals surface area contributed by atoms with Gasteiger partial charge in [0.25, 0.3) is 0 Å². The van der Waals surface area contributed by atoms with Crippen molar-refractivity contribution in [1.82, 2.24) is 5.32 Å². The van der Waals surface area contributed by atoms with E-state index in [1.807, 2.05) is 31.2 Å². The molecule has 2 aromatic rings. The summed E-state index contributed by atoms with van der Waals surface area (Å²) in [6.07, 6.45) is 3.15. The zero-order valence-corrected chi connectivity index (χ0v) is 16.5. The highest BCUT2D eigenvalue weighted by Gasteiger charge is 2.10. The third-order valence-corrected chi connectivity index (χ3v) is 4.01. The van der Waals surface area contributed by atoms with E-state index in [9.17, 15) is 4.79 Å². The standard InChI is InChI=1S/C21H24ClNO4/c1-4-27-19-12-15(11-18(22)21(19)26-3)8-9-20(24)23-13-16-6-5-7-17(10-16)14-25-2/h5-12H,4,13-14H2,1-3H3,(H,23,24)/b9-8+. The van der Waals surface area contributed by atoms with Crippen molar-refractivity contribution in [2.45, 2.75) is 20.1 Å². The number of halogens is 1. The lowest BCUT2D eigenvalue weighted by molar-refractivity contribution is -0.116. The number of nitrogens with one attached hydrogen (secondary N) is 1. The third-order valence-electron chi connectivity index (χ3n) is 3.73. The normalized spacial score (nSPS) is 10.8. The zero-order chi connectivity index (χ0) is 19.6. The van der Waals surface area contributed by atoms with Gasteiger partial charge in [0.15, 0.2) is 11.5 Å². The second-order valence-electron chi connectivity index (χ2n) is 5.77. The molecule has 0 heterocycles. The maximum atomic E-state index is 12.1.